The molecule has 2 bridgehead atoms. The molecule has 0 saturated carbocycles. The third-order valence-corrected chi connectivity index (χ3v) is 11.1. The van der Waals surface area contributed by atoms with E-state index >= 15 is 4.39 Å². The van der Waals surface area contributed by atoms with Gasteiger partial charge in [0, 0.05) is 68.6 Å². The van der Waals surface area contributed by atoms with Gasteiger partial charge < -0.3 is 9.80 Å². The molecule has 8 heterocycles. The topological polar surface area (TPSA) is 148 Å². The molecule has 7 aliphatic heterocycles. The molecule has 0 spiro atoms. The summed E-state index contributed by atoms with van der Waals surface area (Å²) >= 11 is 0. The molecule has 5 saturated heterocycles. The van der Waals surface area contributed by atoms with E-state index < -0.39 is 35.5 Å². The fraction of sp³-hybridized carbons (Fsp3) is 0.389. The van der Waals surface area contributed by atoms with E-state index in [-0.39, 0.29) is 42.0 Å². The second-order valence-electron chi connectivity index (χ2n) is 14.0. The molecular formula is C36H33FN8O5. The van der Waals surface area contributed by atoms with E-state index in [4.69, 9.17) is 0 Å². The van der Waals surface area contributed by atoms with Gasteiger partial charge in [-0.05, 0) is 61.9 Å². The van der Waals surface area contributed by atoms with Gasteiger partial charge >= 0.3 is 0 Å². The maximum absolute atomic E-state index is 15.5. The standard InChI is InChI=1S/C36H33FN8O5/c37-27-13-25-26(36(50)45(35(25)49)29-4-6-32(46)39-34(29)48)14-30(27)44-22-12-23(44)18-42(17-22)16-19-7-9-43(10-8-19)31-5-3-28(40-41-31)20-1-2-21-15-38-33(47)24(21)11-20/h1-3,5,11,13-15,19,22-23,29H,4,6-10,12,16-18H2,(H,39,46,48). The van der Waals surface area contributed by atoms with Crippen molar-refractivity contribution in [1.82, 2.24) is 25.3 Å². The summed E-state index contributed by atoms with van der Waals surface area (Å²) in [6.45, 7) is 4.28. The Morgan fingerprint density at radius 2 is 1.60 bits per heavy atom. The van der Waals surface area contributed by atoms with Crippen LogP contribution in [-0.4, -0.2) is 107 Å². The van der Waals surface area contributed by atoms with Crippen LogP contribution in [0.5, 0.6) is 0 Å². The van der Waals surface area contributed by atoms with Crippen molar-refractivity contribution in [1.29, 1.82) is 0 Å². The van der Waals surface area contributed by atoms with Crippen LogP contribution in [0.2, 0.25) is 0 Å². The van der Waals surface area contributed by atoms with Crippen LogP contribution in [-0.2, 0) is 9.59 Å². The van der Waals surface area contributed by atoms with Gasteiger partial charge in [0.15, 0.2) is 5.82 Å². The highest BCUT2D eigenvalue weighted by Gasteiger charge is 2.49. The van der Waals surface area contributed by atoms with Crippen molar-refractivity contribution in [3.63, 3.8) is 0 Å². The third kappa shape index (κ3) is 4.99. The molecule has 3 unspecified atom stereocenters. The molecule has 3 atom stereocenters. The number of piperidine rings is 3. The van der Waals surface area contributed by atoms with E-state index in [2.05, 4.69) is 30.3 Å². The normalized spacial score (nSPS) is 24.9. The van der Waals surface area contributed by atoms with E-state index in [9.17, 15) is 24.0 Å². The zero-order chi connectivity index (χ0) is 34.3. The number of fused-ring (bicyclic) bond motifs is 4. The first-order valence-electron chi connectivity index (χ1n) is 17.1. The van der Waals surface area contributed by atoms with Crippen LogP contribution < -0.4 is 15.1 Å². The van der Waals surface area contributed by atoms with Crippen LogP contribution >= 0.6 is 0 Å². The number of hydrogen-bond acceptors (Lipinski definition) is 10. The van der Waals surface area contributed by atoms with Crippen molar-refractivity contribution in [2.24, 2.45) is 10.9 Å². The van der Waals surface area contributed by atoms with Gasteiger partial charge in [-0.3, -0.25) is 39.1 Å². The number of carbonyl (C=O) groups is 5. The fourth-order valence-corrected chi connectivity index (χ4v) is 8.49. The van der Waals surface area contributed by atoms with Crippen molar-refractivity contribution in [3.8, 4) is 11.3 Å². The molecular weight excluding hydrogens is 643 g/mol. The molecule has 0 aliphatic carbocycles. The number of halogens is 1. The average Bonchev–Trinajstić information content (AvgIpc) is 3.60. The molecule has 2 aromatic carbocycles. The van der Waals surface area contributed by atoms with Crippen molar-refractivity contribution < 1.29 is 28.4 Å². The number of nitrogens with one attached hydrogen (secondary N) is 1. The van der Waals surface area contributed by atoms with Gasteiger partial charge in [0.25, 0.3) is 17.7 Å². The van der Waals surface area contributed by atoms with Crippen molar-refractivity contribution >= 4 is 47.3 Å². The van der Waals surface area contributed by atoms with Crippen molar-refractivity contribution in [2.75, 3.05) is 42.5 Å². The zero-order valence-electron chi connectivity index (χ0n) is 27.0. The number of anilines is 2. The molecule has 1 N–H and O–H groups in total. The Morgan fingerprint density at radius 1 is 0.840 bits per heavy atom. The highest BCUT2D eigenvalue weighted by Crippen LogP contribution is 2.41. The van der Waals surface area contributed by atoms with Crippen molar-refractivity contribution in [2.45, 2.75) is 50.2 Å². The Morgan fingerprint density at radius 3 is 2.32 bits per heavy atom. The fourth-order valence-electron chi connectivity index (χ4n) is 8.49. The Kier molecular flexibility index (Phi) is 7.12. The van der Waals surface area contributed by atoms with Gasteiger partial charge in [-0.1, -0.05) is 12.1 Å². The molecule has 50 heavy (non-hydrogen) atoms. The molecule has 5 fully saturated rings. The lowest BCUT2D eigenvalue weighted by molar-refractivity contribution is -0.136. The van der Waals surface area contributed by atoms with Gasteiger partial charge in [0.1, 0.15) is 11.9 Å². The Bertz CT molecular complexity index is 2010. The maximum atomic E-state index is 15.5. The minimum Gasteiger partial charge on any atom is -0.360 e. The van der Waals surface area contributed by atoms with Crippen LogP contribution in [0.25, 0.3) is 11.3 Å². The van der Waals surface area contributed by atoms with Crippen LogP contribution in [0, 0.1) is 11.7 Å². The van der Waals surface area contributed by atoms with Crippen LogP contribution in [0.15, 0.2) is 47.5 Å². The summed E-state index contributed by atoms with van der Waals surface area (Å²) in [5.41, 5.74) is 3.30. The van der Waals surface area contributed by atoms with Gasteiger partial charge in [-0.2, -0.15) is 0 Å². The second kappa shape index (κ2) is 11.6. The molecule has 14 heteroatoms. The quantitative estimate of drug-likeness (QED) is 0.386. The summed E-state index contributed by atoms with van der Waals surface area (Å²) in [6.07, 6.45) is 4.63. The summed E-state index contributed by atoms with van der Waals surface area (Å²) in [6, 6.07) is 11.2. The number of carbonyl (C=O) groups excluding carboxylic acids is 5. The lowest BCUT2D eigenvalue weighted by atomic mass is 9.85. The van der Waals surface area contributed by atoms with Gasteiger partial charge in [0.2, 0.25) is 11.8 Å². The first-order valence-corrected chi connectivity index (χ1v) is 17.1. The van der Waals surface area contributed by atoms with E-state index in [0.717, 1.165) is 79.9 Å². The van der Waals surface area contributed by atoms with E-state index in [1.807, 2.05) is 35.2 Å². The van der Waals surface area contributed by atoms with E-state index in [1.54, 1.807) is 6.21 Å². The summed E-state index contributed by atoms with van der Waals surface area (Å²) < 4.78 is 15.5. The number of rotatable bonds is 6. The molecule has 3 aromatic rings. The average molecular weight is 677 g/mol. The molecule has 7 aliphatic rings. The van der Waals surface area contributed by atoms with Crippen LogP contribution in [0.4, 0.5) is 15.9 Å². The first kappa shape index (κ1) is 30.7. The first-order chi connectivity index (χ1) is 24.2. The zero-order valence-corrected chi connectivity index (χ0v) is 27.0. The number of amides is 5. The number of piperazine rings is 1. The Hall–Kier alpha value is -5.37. The maximum Gasteiger partial charge on any atom is 0.277 e. The smallest absolute Gasteiger partial charge is 0.277 e. The minimum absolute atomic E-state index is 0.0253. The molecule has 1 aromatic heterocycles. The Labute approximate surface area is 286 Å². The van der Waals surface area contributed by atoms with Crippen LogP contribution in [0.1, 0.15) is 68.7 Å². The number of imide groups is 2. The summed E-state index contributed by atoms with van der Waals surface area (Å²) in [5.74, 6) is -1.91. The third-order valence-electron chi connectivity index (χ3n) is 11.1. The highest BCUT2D eigenvalue weighted by molar-refractivity contribution is 6.24. The van der Waals surface area contributed by atoms with E-state index in [0.29, 0.717) is 22.9 Å². The van der Waals surface area contributed by atoms with Gasteiger partial charge in [-0.15, -0.1) is 10.2 Å². The molecule has 13 nitrogen and oxygen atoms in total. The lowest BCUT2D eigenvalue weighted by Gasteiger charge is -2.58. The number of aliphatic imine (C=N–C) groups is 1. The van der Waals surface area contributed by atoms with Crippen molar-refractivity contribution in [3.05, 3.63) is 70.5 Å². The number of aromatic nitrogens is 2. The van der Waals surface area contributed by atoms with E-state index in [1.165, 1.54) is 6.07 Å². The monoisotopic (exact) mass is 676 g/mol. The highest BCUT2D eigenvalue weighted by atomic mass is 19.1. The predicted octanol–water partition coefficient (Wildman–Crippen LogP) is 2.44. The minimum atomic E-state index is -1.09. The van der Waals surface area contributed by atoms with Gasteiger partial charge in [-0.25, -0.2) is 9.38 Å². The molecule has 5 amide bonds. The Balaban J connectivity index is 0.802. The molecule has 254 valence electrons. The summed E-state index contributed by atoms with van der Waals surface area (Å²) in [5, 5.41) is 11.1. The second-order valence-corrected chi connectivity index (χ2v) is 14.0. The summed E-state index contributed by atoms with van der Waals surface area (Å²) in [7, 11) is 0. The molecule has 0 radical (unpaired) electrons. The molecule has 10 rings (SSSR count). The lowest BCUT2D eigenvalue weighted by Crippen LogP contribution is -2.69. The van der Waals surface area contributed by atoms with Crippen LogP contribution in [0.3, 0.4) is 0 Å². The summed E-state index contributed by atoms with van der Waals surface area (Å²) in [4.78, 5) is 74.0. The predicted molar refractivity (Wildman–Crippen MR) is 179 cm³/mol. The largest absolute Gasteiger partial charge is 0.360 e. The number of benzene rings is 2. The number of nitrogens with zero attached hydrogens (tertiary/aromatic N) is 7. The van der Waals surface area contributed by atoms with Gasteiger partial charge in [0.05, 0.1) is 28.1 Å². The number of hydrogen-bond donors (Lipinski definition) is 1. The SMILES string of the molecule is O=C1CCC(N2C(=O)c3cc(F)c(N4C5CC4CN(CC4CCN(c6ccc(-c7ccc8c(c7)C(=O)N=C8)nn6)CC4)C5)cc3C2=O)C(=O)N1.